The number of piperidine rings is 1. The molecule has 1 saturated heterocycles. The van der Waals surface area contributed by atoms with Gasteiger partial charge in [0.15, 0.2) is 0 Å². The third kappa shape index (κ3) is 10.0. The first-order valence-electron chi connectivity index (χ1n) is 13.9. The Balaban J connectivity index is 0.000000732. The van der Waals surface area contributed by atoms with Crippen LogP contribution in [0.1, 0.15) is 68.7 Å². The Bertz CT molecular complexity index is 1020. The molecule has 0 amide bonds. The Morgan fingerprint density at radius 3 is 2.08 bits per heavy atom. The Morgan fingerprint density at radius 2 is 1.55 bits per heavy atom. The van der Waals surface area contributed by atoms with E-state index in [1.807, 2.05) is 12.1 Å². The number of aliphatic carboxylic acids is 1. The van der Waals surface area contributed by atoms with Crippen LogP contribution in [0.5, 0.6) is 0 Å². The summed E-state index contributed by atoms with van der Waals surface area (Å²) in [6, 6.07) is 28.0. The maximum Gasteiger partial charge on any atom is 0.303 e. The van der Waals surface area contributed by atoms with Gasteiger partial charge in [-0.3, -0.25) is 9.69 Å². The van der Waals surface area contributed by atoms with Gasteiger partial charge in [0.2, 0.25) is 0 Å². The van der Waals surface area contributed by atoms with Crippen molar-refractivity contribution in [2.75, 3.05) is 19.7 Å². The molecule has 1 heterocycles. The lowest BCUT2D eigenvalue weighted by Crippen LogP contribution is -2.38. The molecule has 204 valence electrons. The average molecular weight is 520 g/mol. The van der Waals surface area contributed by atoms with Gasteiger partial charge in [-0.25, -0.2) is 4.39 Å². The number of ether oxygens (including phenoxy) is 1. The van der Waals surface area contributed by atoms with Crippen molar-refractivity contribution in [1.82, 2.24) is 4.90 Å². The van der Waals surface area contributed by atoms with Crippen molar-refractivity contribution in [2.45, 2.75) is 58.6 Å². The first-order valence-corrected chi connectivity index (χ1v) is 13.9. The Hall–Kier alpha value is -3.02. The van der Waals surface area contributed by atoms with Crippen molar-refractivity contribution in [3.05, 3.63) is 107 Å². The molecule has 1 aliphatic rings. The summed E-state index contributed by atoms with van der Waals surface area (Å²) in [6.07, 6.45) is 5.05. The fraction of sp³-hybridized carbons (Fsp3) is 0.424. The number of hydrogen-bond donors (Lipinski definition) is 1. The molecule has 4 nitrogen and oxygen atoms in total. The van der Waals surface area contributed by atoms with Gasteiger partial charge in [-0.15, -0.1) is 0 Å². The second kappa shape index (κ2) is 16.1. The highest BCUT2D eigenvalue weighted by Crippen LogP contribution is 2.30. The number of likely N-dealkylation sites (tertiary alicyclic amines) is 1. The first kappa shape index (κ1) is 29.5. The molecule has 1 fully saturated rings. The van der Waals surface area contributed by atoms with Crippen LogP contribution in [0.25, 0.3) is 0 Å². The molecule has 1 aliphatic heterocycles. The molecule has 0 spiro atoms. The van der Waals surface area contributed by atoms with Crippen LogP contribution in [0.4, 0.5) is 4.39 Å². The Morgan fingerprint density at radius 1 is 0.974 bits per heavy atom. The van der Waals surface area contributed by atoms with Crippen molar-refractivity contribution in [3.8, 4) is 0 Å². The van der Waals surface area contributed by atoms with Crippen molar-refractivity contribution in [1.29, 1.82) is 0 Å². The van der Waals surface area contributed by atoms with Gasteiger partial charge >= 0.3 is 5.97 Å². The number of nitrogens with zero attached hydrogens (tertiary/aromatic N) is 1. The highest BCUT2D eigenvalue weighted by molar-refractivity contribution is 5.66. The second-order valence-electron chi connectivity index (χ2n) is 10.2. The zero-order chi connectivity index (χ0) is 27.2. The van der Waals surface area contributed by atoms with Gasteiger partial charge in [0.05, 0.1) is 0 Å². The smallest absolute Gasteiger partial charge is 0.303 e. The SMILES string of the molecule is CC1CN(Cc2ccc(F)cc2)CCC1CCCCOC(c1ccccc1)c1ccccc1.CCC(=O)O. The van der Waals surface area contributed by atoms with Gasteiger partial charge in [0.25, 0.3) is 0 Å². The Labute approximate surface area is 227 Å². The summed E-state index contributed by atoms with van der Waals surface area (Å²) in [7, 11) is 0. The number of unbranched alkanes of at least 4 members (excludes halogenated alkanes) is 1. The van der Waals surface area contributed by atoms with E-state index in [1.165, 1.54) is 36.0 Å². The number of benzene rings is 3. The van der Waals surface area contributed by atoms with Crippen molar-refractivity contribution in [3.63, 3.8) is 0 Å². The molecular weight excluding hydrogens is 477 g/mol. The van der Waals surface area contributed by atoms with Gasteiger partial charge in [0, 0.05) is 26.1 Å². The molecule has 2 atom stereocenters. The number of carboxylic acids is 1. The van der Waals surface area contributed by atoms with Crippen molar-refractivity contribution in [2.24, 2.45) is 11.8 Å². The number of rotatable bonds is 11. The number of hydrogen-bond acceptors (Lipinski definition) is 3. The molecule has 5 heteroatoms. The number of carboxylic acid groups (broad SMARTS) is 1. The van der Waals surface area contributed by atoms with Gasteiger partial charge in [-0.05, 0) is 60.0 Å². The van der Waals surface area contributed by atoms with Gasteiger partial charge in [0.1, 0.15) is 11.9 Å². The third-order valence-corrected chi connectivity index (χ3v) is 7.25. The van der Waals surface area contributed by atoms with Crippen LogP contribution in [0.3, 0.4) is 0 Å². The van der Waals surface area contributed by atoms with Crippen LogP contribution >= 0.6 is 0 Å². The van der Waals surface area contributed by atoms with E-state index in [1.54, 1.807) is 19.1 Å². The summed E-state index contributed by atoms with van der Waals surface area (Å²) < 4.78 is 19.5. The quantitative estimate of drug-likeness (QED) is 0.263. The standard InChI is InChI=1S/C30H36FNO.C3H6O2/c1-24-22-32(23-25-15-17-29(31)18-16-25)20-19-26(24)10-8-9-21-33-30(27-11-4-2-5-12-27)28-13-6-3-7-14-28;1-2-3(4)5/h2-7,11-18,24,26,30H,8-10,19-23H2,1H3;2H2,1H3,(H,4,5). The van der Waals surface area contributed by atoms with Crippen LogP contribution in [-0.2, 0) is 16.1 Å². The van der Waals surface area contributed by atoms with Crippen LogP contribution in [0.15, 0.2) is 84.9 Å². The highest BCUT2D eigenvalue weighted by atomic mass is 19.1. The monoisotopic (exact) mass is 519 g/mol. The average Bonchev–Trinajstić information content (AvgIpc) is 2.94. The van der Waals surface area contributed by atoms with Gasteiger partial charge < -0.3 is 9.84 Å². The molecule has 4 rings (SSSR count). The molecule has 0 radical (unpaired) electrons. The molecule has 0 bridgehead atoms. The minimum absolute atomic E-state index is 0.000948. The predicted octanol–water partition coefficient (Wildman–Crippen LogP) is 7.74. The molecule has 1 N–H and O–H groups in total. The summed E-state index contributed by atoms with van der Waals surface area (Å²) in [5.41, 5.74) is 3.63. The van der Waals surface area contributed by atoms with E-state index in [0.29, 0.717) is 5.92 Å². The first-order chi connectivity index (χ1) is 18.5. The lowest BCUT2D eigenvalue weighted by molar-refractivity contribution is -0.136. The number of halogens is 1. The summed E-state index contributed by atoms with van der Waals surface area (Å²) in [6.45, 7) is 7.95. The highest BCUT2D eigenvalue weighted by Gasteiger charge is 2.25. The maximum atomic E-state index is 13.1. The normalized spacial score (nSPS) is 17.6. The predicted molar refractivity (Wildman–Crippen MR) is 151 cm³/mol. The molecular formula is C33H42FNO3. The van der Waals surface area contributed by atoms with Crippen LogP contribution in [0, 0.1) is 17.7 Å². The minimum Gasteiger partial charge on any atom is -0.481 e. The van der Waals surface area contributed by atoms with E-state index in [-0.39, 0.29) is 18.3 Å². The third-order valence-electron chi connectivity index (χ3n) is 7.25. The molecule has 0 saturated carbocycles. The molecule has 2 unspecified atom stereocenters. The summed E-state index contributed by atoms with van der Waals surface area (Å²) in [5, 5.41) is 7.72. The Kier molecular flexibility index (Phi) is 12.5. The maximum absolute atomic E-state index is 13.1. The van der Waals surface area contributed by atoms with Crippen molar-refractivity contribution >= 4 is 5.97 Å². The van der Waals surface area contributed by atoms with E-state index in [2.05, 4.69) is 72.5 Å². The van der Waals surface area contributed by atoms with Crippen LogP contribution in [-0.4, -0.2) is 35.7 Å². The van der Waals surface area contributed by atoms with E-state index in [4.69, 9.17) is 9.84 Å². The summed E-state index contributed by atoms with van der Waals surface area (Å²) >= 11 is 0. The summed E-state index contributed by atoms with van der Waals surface area (Å²) in [4.78, 5) is 11.9. The lowest BCUT2D eigenvalue weighted by atomic mass is 9.83. The van der Waals surface area contributed by atoms with Gasteiger partial charge in [-0.2, -0.15) is 0 Å². The van der Waals surface area contributed by atoms with Crippen LogP contribution in [0.2, 0.25) is 0 Å². The van der Waals surface area contributed by atoms with E-state index >= 15 is 0 Å². The molecule has 3 aromatic rings. The fourth-order valence-electron chi connectivity index (χ4n) is 5.05. The second-order valence-corrected chi connectivity index (χ2v) is 10.2. The van der Waals surface area contributed by atoms with E-state index in [0.717, 1.165) is 38.6 Å². The van der Waals surface area contributed by atoms with E-state index in [9.17, 15) is 9.18 Å². The summed E-state index contributed by atoms with van der Waals surface area (Å²) in [5.74, 6) is 0.577. The van der Waals surface area contributed by atoms with Crippen LogP contribution < -0.4 is 0 Å². The lowest BCUT2D eigenvalue weighted by Gasteiger charge is -2.37. The van der Waals surface area contributed by atoms with Crippen molar-refractivity contribution < 1.29 is 19.0 Å². The van der Waals surface area contributed by atoms with E-state index < -0.39 is 5.97 Å². The number of carbonyl (C=O) groups is 1. The fourth-order valence-corrected chi connectivity index (χ4v) is 5.05. The largest absolute Gasteiger partial charge is 0.481 e. The topological polar surface area (TPSA) is 49.8 Å². The molecule has 0 aromatic heterocycles. The van der Waals surface area contributed by atoms with Gasteiger partial charge in [-0.1, -0.05) is 99.5 Å². The molecule has 3 aromatic carbocycles. The zero-order valence-electron chi connectivity index (χ0n) is 22.8. The minimum atomic E-state index is -0.745. The zero-order valence-corrected chi connectivity index (χ0v) is 22.8. The molecule has 0 aliphatic carbocycles. The molecule has 38 heavy (non-hydrogen) atoms.